The number of anilines is 1. The van der Waals surface area contributed by atoms with Crippen molar-refractivity contribution in [3.05, 3.63) is 42.5 Å². The van der Waals surface area contributed by atoms with Crippen LogP contribution in [0.25, 0.3) is 0 Å². The van der Waals surface area contributed by atoms with E-state index in [1.807, 2.05) is 0 Å². The molecule has 2 aromatic carbocycles. The lowest BCUT2D eigenvalue weighted by atomic mass is 10.0. The van der Waals surface area contributed by atoms with Crippen LogP contribution in [0.4, 0.5) is 5.69 Å². The molecule has 1 N–H and O–H groups in total. The van der Waals surface area contributed by atoms with Crippen LogP contribution in [0.3, 0.4) is 0 Å². The Balaban J connectivity index is 1.75. The van der Waals surface area contributed by atoms with Crippen LogP contribution in [0, 0.1) is 0 Å². The molecule has 1 heterocycles. The van der Waals surface area contributed by atoms with E-state index in [4.69, 9.17) is 14.2 Å². The van der Waals surface area contributed by atoms with E-state index in [2.05, 4.69) is 5.32 Å². The molecule has 1 amide bonds. The zero-order valence-corrected chi connectivity index (χ0v) is 18.8. The fourth-order valence-electron chi connectivity index (χ4n) is 3.69. The van der Waals surface area contributed by atoms with Gasteiger partial charge in [0.25, 0.3) is 0 Å². The highest BCUT2D eigenvalue weighted by atomic mass is 32.2. The Kier molecular flexibility index (Phi) is 7.40. The maximum Gasteiger partial charge on any atom is 0.243 e. The summed E-state index contributed by atoms with van der Waals surface area (Å²) in [4.78, 5) is 13.0. The predicted octanol–water partition coefficient (Wildman–Crippen LogP) is 3.28. The fraction of sp³-hybridized carbons (Fsp3) is 0.409. The molecule has 2 aromatic rings. The number of carbonyl (C=O) groups excluding carboxylic acids is 1. The van der Waals surface area contributed by atoms with Gasteiger partial charge in [-0.1, -0.05) is 6.42 Å². The number of nitrogens with zero attached hydrogens (tertiary/aromatic N) is 1. The molecule has 3 rings (SSSR count). The minimum Gasteiger partial charge on any atom is -0.497 e. The number of carbonyl (C=O) groups is 1. The number of hydrogen-bond acceptors (Lipinski definition) is 6. The number of amides is 1. The number of methoxy groups -OCH3 is 3. The Labute approximate surface area is 183 Å². The Hall–Kier alpha value is -2.78. The van der Waals surface area contributed by atoms with Gasteiger partial charge in [0.2, 0.25) is 15.9 Å². The Morgan fingerprint density at radius 1 is 1.00 bits per heavy atom. The lowest BCUT2D eigenvalue weighted by Gasteiger charge is -2.34. The number of nitrogens with one attached hydrogen (secondary N) is 1. The van der Waals surface area contributed by atoms with Crippen molar-refractivity contribution in [2.75, 3.05) is 33.2 Å². The first-order valence-corrected chi connectivity index (χ1v) is 11.5. The maximum atomic E-state index is 13.2. The van der Waals surface area contributed by atoms with Gasteiger partial charge in [0.05, 0.1) is 31.9 Å². The molecular weight excluding hydrogens is 420 g/mol. The normalized spacial score (nSPS) is 17.1. The molecule has 0 aromatic heterocycles. The highest BCUT2D eigenvalue weighted by molar-refractivity contribution is 7.89. The molecule has 1 saturated heterocycles. The first-order valence-electron chi connectivity index (χ1n) is 10.1. The van der Waals surface area contributed by atoms with Crippen molar-refractivity contribution < 1.29 is 27.4 Å². The molecule has 0 aliphatic carbocycles. The molecule has 168 valence electrons. The molecule has 0 bridgehead atoms. The average molecular weight is 449 g/mol. The van der Waals surface area contributed by atoms with E-state index in [0.717, 1.165) is 12.8 Å². The van der Waals surface area contributed by atoms with Crippen molar-refractivity contribution in [2.45, 2.75) is 36.6 Å². The van der Waals surface area contributed by atoms with Crippen LogP contribution in [0.15, 0.2) is 47.4 Å². The average Bonchev–Trinajstić information content (AvgIpc) is 2.79. The van der Waals surface area contributed by atoms with Crippen molar-refractivity contribution >= 4 is 21.6 Å². The second kappa shape index (κ2) is 10.0. The lowest BCUT2D eigenvalue weighted by molar-refractivity contribution is -0.117. The van der Waals surface area contributed by atoms with E-state index >= 15 is 0 Å². The third-order valence-electron chi connectivity index (χ3n) is 5.34. The van der Waals surface area contributed by atoms with E-state index in [9.17, 15) is 13.2 Å². The molecule has 1 aliphatic rings. The highest BCUT2D eigenvalue weighted by Crippen LogP contribution is 2.31. The first-order chi connectivity index (χ1) is 14.9. The quantitative estimate of drug-likeness (QED) is 0.666. The van der Waals surface area contributed by atoms with E-state index in [-0.39, 0.29) is 17.2 Å². The van der Waals surface area contributed by atoms with Gasteiger partial charge in [0.15, 0.2) is 0 Å². The Morgan fingerprint density at radius 3 is 2.32 bits per heavy atom. The lowest BCUT2D eigenvalue weighted by Crippen LogP contribution is -2.45. The summed E-state index contributed by atoms with van der Waals surface area (Å²) in [5.74, 6) is 1.39. The Morgan fingerprint density at radius 2 is 1.68 bits per heavy atom. The fourth-order valence-corrected chi connectivity index (χ4v) is 5.39. The summed E-state index contributed by atoms with van der Waals surface area (Å²) in [5.41, 5.74) is 0.508. The van der Waals surface area contributed by atoms with Crippen LogP contribution in [-0.4, -0.2) is 52.5 Å². The minimum absolute atomic E-state index is 0.0601. The molecule has 1 fully saturated rings. The molecule has 0 unspecified atom stereocenters. The molecular formula is C22H28N2O6S. The van der Waals surface area contributed by atoms with Crippen LogP contribution in [0.2, 0.25) is 0 Å². The van der Waals surface area contributed by atoms with Gasteiger partial charge < -0.3 is 19.5 Å². The number of piperidine rings is 1. The van der Waals surface area contributed by atoms with Crippen molar-refractivity contribution in [1.29, 1.82) is 0 Å². The van der Waals surface area contributed by atoms with Crippen LogP contribution in [0.1, 0.15) is 25.7 Å². The van der Waals surface area contributed by atoms with Crippen LogP contribution < -0.4 is 19.5 Å². The van der Waals surface area contributed by atoms with Gasteiger partial charge in [-0.15, -0.1) is 0 Å². The molecule has 1 aliphatic heterocycles. The first kappa shape index (κ1) is 22.9. The molecule has 0 spiro atoms. The summed E-state index contributed by atoms with van der Waals surface area (Å²) < 4.78 is 43.5. The summed E-state index contributed by atoms with van der Waals surface area (Å²) in [6.07, 6.45) is 2.32. The maximum absolute atomic E-state index is 13.2. The molecule has 1 atom stereocenters. The van der Waals surface area contributed by atoms with Gasteiger partial charge in [0, 0.05) is 25.1 Å². The van der Waals surface area contributed by atoms with Crippen LogP contribution in [-0.2, 0) is 14.8 Å². The number of benzene rings is 2. The number of rotatable bonds is 8. The summed E-state index contributed by atoms with van der Waals surface area (Å²) in [5, 5.41) is 2.83. The number of ether oxygens (including phenoxy) is 3. The molecule has 0 saturated carbocycles. The topological polar surface area (TPSA) is 94.2 Å². The highest BCUT2D eigenvalue weighted by Gasteiger charge is 2.34. The third-order valence-corrected chi connectivity index (χ3v) is 7.31. The molecule has 0 radical (unpaired) electrons. The smallest absolute Gasteiger partial charge is 0.243 e. The van der Waals surface area contributed by atoms with Gasteiger partial charge in [-0.05, 0) is 49.2 Å². The SMILES string of the molecule is COc1ccc(S(=O)(=O)N2CCCC[C@H]2CC(=O)Nc2ccc(OC)cc2OC)cc1. The predicted molar refractivity (Wildman–Crippen MR) is 117 cm³/mol. The van der Waals surface area contributed by atoms with Crippen LogP contribution in [0.5, 0.6) is 17.2 Å². The summed E-state index contributed by atoms with van der Waals surface area (Å²) in [7, 11) is 0.867. The summed E-state index contributed by atoms with van der Waals surface area (Å²) in [6, 6.07) is 11.0. The van der Waals surface area contributed by atoms with Gasteiger partial charge in [-0.2, -0.15) is 4.31 Å². The van der Waals surface area contributed by atoms with Crippen molar-refractivity contribution in [3.63, 3.8) is 0 Å². The summed E-state index contributed by atoms with van der Waals surface area (Å²) in [6.45, 7) is 0.387. The monoisotopic (exact) mass is 448 g/mol. The second-order valence-electron chi connectivity index (χ2n) is 7.26. The van der Waals surface area contributed by atoms with Gasteiger partial charge >= 0.3 is 0 Å². The zero-order chi connectivity index (χ0) is 22.4. The number of hydrogen-bond donors (Lipinski definition) is 1. The van der Waals surface area contributed by atoms with E-state index < -0.39 is 16.1 Å². The van der Waals surface area contributed by atoms with Gasteiger partial charge in [-0.25, -0.2) is 8.42 Å². The molecule has 31 heavy (non-hydrogen) atoms. The van der Waals surface area contributed by atoms with Crippen molar-refractivity contribution in [1.82, 2.24) is 4.31 Å². The molecule has 9 heteroatoms. The second-order valence-corrected chi connectivity index (χ2v) is 9.15. The van der Waals surface area contributed by atoms with Crippen molar-refractivity contribution in [3.8, 4) is 17.2 Å². The van der Waals surface area contributed by atoms with E-state index in [1.165, 1.54) is 30.7 Å². The zero-order valence-electron chi connectivity index (χ0n) is 18.0. The standard InChI is InChI=1S/C22H28N2O6S/c1-28-17-7-10-19(11-8-17)31(26,27)24-13-5-4-6-16(24)14-22(25)23-20-12-9-18(29-2)15-21(20)30-3/h7-12,15-16H,4-6,13-14H2,1-3H3,(H,23,25)/t16-/m0/s1. The molecule has 8 nitrogen and oxygen atoms in total. The largest absolute Gasteiger partial charge is 0.497 e. The number of sulfonamides is 1. The summed E-state index contributed by atoms with van der Waals surface area (Å²) >= 11 is 0. The van der Waals surface area contributed by atoms with Crippen molar-refractivity contribution in [2.24, 2.45) is 0 Å². The minimum atomic E-state index is -3.72. The van der Waals surface area contributed by atoms with E-state index in [0.29, 0.717) is 35.9 Å². The van der Waals surface area contributed by atoms with Crippen LogP contribution >= 0.6 is 0 Å². The van der Waals surface area contributed by atoms with Gasteiger partial charge in [0.1, 0.15) is 17.2 Å². The van der Waals surface area contributed by atoms with Gasteiger partial charge in [-0.3, -0.25) is 4.79 Å². The third kappa shape index (κ3) is 5.29. The Bertz CT molecular complexity index is 1010. The van der Waals surface area contributed by atoms with E-state index in [1.54, 1.807) is 37.4 Å².